The van der Waals surface area contributed by atoms with E-state index in [-0.39, 0.29) is 5.75 Å². The lowest BCUT2D eigenvalue weighted by Crippen LogP contribution is -1.98. The van der Waals surface area contributed by atoms with Crippen molar-refractivity contribution in [1.29, 1.82) is 0 Å². The van der Waals surface area contributed by atoms with E-state index >= 15 is 0 Å². The van der Waals surface area contributed by atoms with Gasteiger partial charge < -0.3 is 9.84 Å². The molecule has 0 aliphatic rings. The second-order valence-corrected chi connectivity index (χ2v) is 4.19. The Kier molecular flexibility index (Phi) is 2.79. The number of para-hydroxylation sites is 1. The summed E-state index contributed by atoms with van der Waals surface area (Å²) >= 11 is 0. The van der Waals surface area contributed by atoms with E-state index in [0.717, 1.165) is 17.1 Å². The second kappa shape index (κ2) is 4.61. The molecule has 0 atom stereocenters. The number of methoxy groups -OCH3 is 1. The van der Waals surface area contributed by atoms with Crippen LogP contribution in [-0.4, -0.2) is 26.8 Å². The van der Waals surface area contributed by atoms with Crippen molar-refractivity contribution in [2.45, 2.75) is 6.42 Å². The molecule has 5 nitrogen and oxygen atoms in total. The molecule has 0 aliphatic carbocycles. The van der Waals surface area contributed by atoms with Crippen molar-refractivity contribution in [2.75, 3.05) is 7.11 Å². The summed E-state index contributed by atoms with van der Waals surface area (Å²) in [6.07, 6.45) is 2.43. The van der Waals surface area contributed by atoms with Crippen molar-refractivity contribution >= 4 is 5.65 Å². The lowest BCUT2D eigenvalue weighted by Gasteiger charge is -2.07. The van der Waals surface area contributed by atoms with Gasteiger partial charge in [-0.05, 0) is 18.2 Å². The summed E-state index contributed by atoms with van der Waals surface area (Å²) < 4.78 is 7.10. The first-order chi connectivity index (χ1) is 9.29. The molecule has 0 aliphatic heterocycles. The minimum Gasteiger partial charge on any atom is -0.504 e. The number of nitrogens with zero attached hydrogens (tertiary/aromatic N) is 3. The highest BCUT2D eigenvalue weighted by Crippen LogP contribution is 2.22. The second-order valence-electron chi connectivity index (χ2n) is 4.19. The zero-order valence-corrected chi connectivity index (χ0v) is 10.4. The molecular formula is C14H13N3O2. The molecule has 3 rings (SSSR count). The highest BCUT2D eigenvalue weighted by atomic mass is 16.5. The van der Waals surface area contributed by atoms with E-state index in [1.807, 2.05) is 30.5 Å². The molecule has 0 bridgehead atoms. The predicted molar refractivity (Wildman–Crippen MR) is 70.5 cm³/mol. The van der Waals surface area contributed by atoms with E-state index in [4.69, 9.17) is 4.74 Å². The first-order valence-corrected chi connectivity index (χ1v) is 5.93. The van der Waals surface area contributed by atoms with Crippen molar-refractivity contribution in [3.63, 3.8) is 0 Å². The highest BCUT2D eigenvalue weighted by molar-refractivity contribution is 5.52. The summed E-state index contributed by atoms with van der Waals surface area (Å²) in [5, 5.41) is 17.8. The largest absolute Gasteiger partial charge is 0.504 e. The first-order valence-electron chi connectivity index (χ1n) is 5.93. The predicted octanol–water partition coefficient (Wildman–Crippen LogP) is 2.03. The maximum Gasteiger partial charge on any atom is 0.203 e. The van der Waals surface area contributed by atoms with E-state index in [9.17, 15) is 5.11 Å². The molecule has 96 valence electrons. The van der Waals surface area contributed by atoms with E-state index in [2.05, 4.69) is 10.2 Å². The van der Waals surface area contributed by atoms with Gasteiger partial charge in [0.2, 0.25) is 5.65 Å². The van der Waals surface area contributed by atoms with Crippen LogP contribution in [0.4, 0.5) is 0 Å². The number of aromatic hydroxyl groups is 1. The van der Waals surface area contributed by atoms with Gasteiger partial charge in [0.25, 0.3) is 0 Å². The molecule has 0 saturated carbocycles. The van der Waals surface area contributed by atoms with Gasteiger partial charge in [-0.25, -0.2) is 0 Å². The Labute approximate surface area is 110 Å². The maximum atomic E-state index is 9.70. The van der Waals surface area contributed by atoms with Gasteiger partial charge in [-0.1, -0.05) is 18.2 Å². The number of hydrogen-bond donors (Lipinski definition) is 1. The molecule has 0 amide bonds. The average molecular weight is 255 g/mol. The van der Waals surface area contributed by atoms with Crippen molar-refractivity contribution in [3.8, 4) is 11.5 Å². The van der Waals surface area contributed by atoms with Gasteiger partial charge in [0, 0.05) is 18.2 Å². The number of aromatic nitrogens is 3. The number of pyridine rings is 1. The van der Waals surface area contributed by atoms with Crippen molar-refractivity contribution in [2.24, 2.45) is 0 Å². The Morgan fingerprint density at radius 3 is 2.84 bits per heavy atom. The summed E-state index contributed by atoms with van der Waals surface area (Å²) in [4.78, 5) is 0. The van der Waals surface area contributed by atoms with Crippen molar-refractivity contribution < 1.29 is 9.84 Å². The van der Waals surface area contributed by atoms with Gasteiger partial charge in [-0.3, -0.25) is 4.40 Å². The average Bonchev–Trinajstić information content (AvgIpc) is 2.84. The molecule has 2 heterocycles. The van der Waals surface area contributed by atoms with Crippen LogP contribution in [0.1, 0.15) is 11.4 Å². The molecule has 0 saturated heterocycles. The highest BCUT2D eigenvalue weighted by Gasteiger charge is 2.11. The zero-order valence-electron chi connectivity index (χ0n) is 10.4. The number of hydrogen-bond acceptors (Lipinski definition) is 4. The summed E-state index contributed by atoms with van der Waals surface area (Å²) in [6, 6.07) is 11.1. The SMILES string of the molecule is COc1ccccc1Cc1nnc2c(O)cccn12. The maximum absolute atomic E-state index is 9.70. The monoisotopic (exact) mass is 255 g/mol. The topological polar surface area (TPSA) is 59.7 Å². The first kappa shape index (κ1) is 11.5. The molecular weight excluding hydrogens is 242 g/mol. The molecule has 0 radical (unpaired) electrons. The van der Waals surface area contributed by atoms with Crippen LogP contribution in [0, 0.1) is 0 Å². The zero-order chi connectivity index (χ0) is 13.2. The number of fused-ring (bicyclic) bond motifs is 1. The minimum absolute atomic E-state index is 0.126. The third-order valence-corrected chi connectivity index (χ3v) is 3.03. The standard InChI is InChI=1S/C14H13N3O2/c1-19-12-7-3-2-5-10(12)9-13-15-16-14-11(18)6-4-8-17(13)14/h2-8,18H,9H2,1H3. The lowest BCUT2D eigenvalue weighted by molar-refractivity contribution is 0.410. The van der Waals surface area contributed by atoms with E-state index < -0.39 is 0 Å². The smallest absolute Gasteiger partial charge is 0.203 e. The minimum atomic E-state index is 0.126. The van der Waals surface area contributed by atoms with Crippen LogP contribution in [0.2, 0.25) is 0 Å². The quantitative estimate of drug-likeness (QED) is 0.778. The van der Waals surface area contributed by atoms with E-state index in [1.165, 1.54) is 0 Å². The van der Waals surface area contributed by atoms with Crippen LogP contribution in [0.25, 0.3) is 5.65 Å². The molecule has 1 aromatic carbocycles. The Balaban J connectivity index is 2.04. The number of ether oxygens (including phenoxy) is 1. The summed E-state index contributed by atoms with van der Waals surface area (Å²) in [7, 11) is 1.65. The molecule has 1 N–H and O–H groups in total. The molecule has 2 aromatic heterocycles. The summed E-state index contributed by atoms with van der Waals surface area (Å²) in [6.45, 7) is 0. The van der Waals surface area contributed by atoms with Gasteiger partial charge in [-0.2, -0.15) is 0 Å². The number of rotatable bonds is 3. The third-order valence-electron chi connectivity index (χ3n) is 3.03. The molecule has 0 unspecified atom stereocenters. The molecule has 5 heteroatoms. The fraction of sp³-hybridized carbons (Fsp3) is 0.143. The van der Waals surface area contributed by atoms with E-state index in [1.54, 1.807) is 23.6 Å². The Hall–Kier alpha value is -2.56. The van der Waals surface area contributed by atoms with E-state index in [0.29, 0.717) is 12.1 Å². The van der Waals surface area contributed by atoms with Crippen LogP contribution in [-0.2, 0) is 6.42 Å². The van der Waals surface area contributed by atoms with Crippen LogP contribution in [0.15, 0.2) is 42.6 Å². The third kappa shape index (κ3) is 1.99. The fourth-order valence-corrected chi connectivity index (χ4v) is 2.09. The Morgan fingerprint density at radius 1 is 1.16 bits per heavy atom. The van der Waals surface area contributed by atoms with Gasteiger partial charge in [0.05, 0.1) is 7.11 Å². The molecule has 19 heavy (non-hydrogen) atoms. The lowest BCUT2D eigenvalue weighted by atomic mass is 10.1. The molecule has 0 fully saturated rings. The molecule has 0 spiro atoms. The molecule has 3 aromatic rings. The van der Waals surface area contributed by atoms with Crippen LogP contribution in [0.5, 0.6) is 11.5 Å². The van der Waals surface area contributed by atoms with Crippen molar-refractivity contribution in [1.82, 2.24) is 14.6 Å². The fourth-order valence-electron chi connectivity index (χ4n) is 2.09. The Bertz CT molecular complexity index is 722. The van der Waals surface area contributed by atoms with Crippen LogP contribution >= 0.6 is 0 Å². The summed E-state index contributed by atoms with van der Waals surface area (Å²) in [5.74, 6) is 1.70. The summed E-state index contributed by atoms with van der Waals surface area (Å²) in [5.41, 5.74) is 1.50. The van der Waals surface area contributed by atoms with Crippen LogP contribution in [0.3, 0.4) is 0 Å². The normalized spacial score (nSPS) is 10.8. The van der Waals surface area contributed by atoms with Crippen molar-refractivity contribution in [3.05, 3.63) is 54.0 Å². The van der Waals surface area contributed by atoms with Crippen LogP contribution < -0.4 is 4.74 Å². The number of benzene rings is 1. The van der Waals surface area contributed by atoms with Gasteiger partial charge in [0.1, 0.15) is 11.6 Å². The van der Waals surface area contributed by atoms with Gasteiger partial charge >= 0.3 is 0 Å². The Morgan fingerprint density at radius 2 is 2.00 bits per heavy atom. The van der Waals surface area contributed by atoms with Gasteiger partial charge in [0.15, 0.2) is 5.75 Å². The van der Waals surface area contributed by atoms with Gasteiger partial charge in [-0.15, -0.1) is 10.2 Å².